The summed E-state index contributed by atoms with van der Waals surface area (Å²) in [7, 11) is 0. The van der Waals surface area contributed by atoms with Crippen molar-refractivity contribution >= 4 is 44.5 Å². The molecule has 0 amide bonds. The van der Waals surface area contributed by atoms with E-state index in [1.807, 2.05) is 22.6 Å². The second-order valence-corrected chi connectivity index (χ2v) is 3.79. The fraction of sp³-hybridized carbons (Fsp3) is 0.333. The first kappa shape index (κ1) is 9.97. The van der Waals surface area contributed by atoms with Crippen molar-refractivity contribution in [1.82, 2.24) is 10.2 Å². The number of carbonyl (C=O) groups excluding carboxylic acids is 1. The molecule has 0 aliphatic rings. The molecule has 4 nitrogen and oxygen atoms in total. The summed E-state index contributed by atoms with van der Waals surface area (Å²) in [5.74, 6) is -0.399. The Kier molecular flexibility index (Phi) is 3.51. The van der Waals surface area contributed by atoms with Gasteiger partial charge in [-0.3, -0.25) is 5.10 Å². The molecule has 12 heavy (non-hydrogen) atoms. The average Bonchev–Trinajstić information content (AvgIpc) is 2.34. The van der Waals surface area contributed by atoms with Crippen molar-refractivity contribution < 1.29 is 9.53 Å². The lowest BCUT2D eigenvalue weighted by Gasteiger charge is -1.96. The largest absolute Gasteiger partial charge is 0.461 e. The van der Waals surface area contributed by atoms with Crippen molar-refractivity contribution in [3.05, 3.63) is 13.9 Å². The molecule has 0 bridgehead atoms. The van der Waals surface area contributed by atoms with Crippen LogP contribution in [0.1, 0.15) is 17.4 Å². The fourth-order valence-electron chi connectivity index (χ4n) is 0.642. The lowest BCUT2D eigenvalue weighted by atomic mass is 10.4. The van der Waals surface area contributed by atoms with Crippen molar-refractivity contribution in [3.8, 4) is 0 Å². The summed E-state index contributed by atoms with van der Waals surface area (Å²) >= 11 is 5.22. The van der Waals surface area contributed by atoms with Gasteiger partial charge in [0, 0.05) is 0 Å². The third kappa shape index (κ3) is 1.98. The van der Waals surface area contributed by atoms with Crippen molar-refractivity contribution in [1.29, 1.82) is 0 Å². The molecule has 1 aromatic rings. The van der Waals surface area contributed by atoms with Gasteiger partial charge in [-0.1, -0.05) is 0 Å². The molecule has 0 unspecified atom stereocenters. The number of rotatable bonds is 2. The number of nitrogens with zero attached hydrogens (tertiary/aromatic N) is 1. The summed E-state index contributed by atoms with van der Waals surface area (Å²) in [6.07, 6.45) is 0. The summed E-state index contributed by atoms with van der Waals surface area (Å²) in [6.45, 7) is 2.12. The van der Waals surface area contributed by atoms with E-state index in [9.17, 15) is 4.79 Å². The minimum absolute atomic E-state index is 0.323. The molecule has 0 spiro atoms. The van der Waals surface area contributed by atoms with Gasteiger partial charge in [-0.15, -0.1) is 0 Å². The number of H-pyrrole nitrogens is 1. The quantitative estimate of drug-likeness (QED) is 0.659. The molecule has 0 fully saturated rings. The van der Waals surface area contributed by atoms with Crippen molar-refractivity contribution in [2.24, 2.45) is 0 Å². The monoisotopic (exact) mass is 344 g/mol. The van der Waals surface area contributed by atoms with Gasteiger partial charge in [-0.05, 0) is 45.4 Å². The number of carbonyl (C=O) groups is 1. The zero-order valence-electron chi connectivity index (χ0n) is 6.23. The molecule has 0 aromatic carbocycles. The number of aromatic amines is 1. The highest BCUT2D eigenvalue weighted by Crippen LogP contribution is 2.19. The molecular weight excluding hydrogens is 339 g/mol. The van der Waals surface area contributed by atoms with Gasteiger partial charge >= 0.3 is 5.97 Å². The topological polar surface area (TPSA) is 55.0 Å². The van der Waals surface area contributed by atoms with Gasteiger partial charge in [0.2, 0.25) is 0 Å². The van der Waals surface area contributed by atoms with Gasteiger partial charge < -0.3 is 4.74 Å². The van der Waals surface area contributed by atoms with Gasteiger partial charge in [0.1, 0.15) is 4.60 Å². The van der Waals surface area contributed by atoms with Crippen LogP contribution in [0.3, 0.4) is 0 Å². The molecule has 1 heterocycles. The first-order valence-electron chi connectivity index (χ1n) is 3.23. The normalized spacial score (nSPS) is 9.92. The highest BCUT2D eigenvalue weighted by atomic mass is 127. The summed E-state index contributed by atoms with van der Waals surface area (Å²) in [5.41, 5.74) is 0.323. The molecule has 66 valence electrons. The van der Waals surface area contributed by atoms with Crippen LogP contribution in [-0.4, -0.2) is 22.8 Å². The molecule has 0 radical (unpaired) electrons. The van der Waals surface area contributed by atoms with E-state index in [-0.39, 0.29) is 0 Å². The first-order chi connectivity index (χ1) is 5.66. The van der Waals surface area contributed by atoms with Gasteiger partial charge in [-0.2, -0.15) is 5.10 Å². The number of nitrogens with one attached hydrogen (secondary N) is 1. The van der Waals surface area contributed by atoms with Crippen LogP contribution in [0.15, 0.2) is 4.60 Å². The molecule has 0 saturated heterocycles. The molecule has 1 N–H and O–H groups in total. The molecule has 1 rings (SSSR count). The van der Waals surface area contributed by atoms with Crippen LogP contribution in [0, 0.1) is 3.57 Å². The second-order valence-electron chi connectivity index (χ2n) is 1.92. The molecule has 0 aliphatic carbocycles. The van der Waals surface area contributed by atoms with Crippen molar-refractivity contribution in [3.63, 3.8) is 0 Å². The van der Waals surface area contributed by atoms with Crippen molar-refractivity contribution in [2.45, 2.75) is 6.92 Å². The van der Waals surface area contributed by atoms with Crippen LogP contribution in [0.4, 0.5) is 0 Å². The molecular formula is C6H6BrIN2O2. The first-order valence-corrected chi connectivity index (χ1v) is 5.10. The van der Waals surface area contributed by atoms with E-state index in [4.69, 9.17) is 4.74 Å². The predicted octanol–water partition coefficient (Wildman–Crippen LogP) is 1.95. The van der Waals surface area contributed by atoms with Gasteiger partial charge in [0.15, 0.2) is 5.69 Å². The average molecular weight is 345 g/mol. The fourth-order valence-corrected chi connectivity index (χ4v) is 1.38. The lowest BCUT2D eigenvalue weighted by molar-refractivity contribution is 0.0518. The number of aromatic nitrogens is 2. The van der Waals surface area contributed by atoms with E-state index >= 15 is 0 Å². The van der Waals surface area contributed by atoms with E-state index in [0.717, 1.165) is 3.57 Å². The standard InChI is InChI=1S/C6H6BrIN2O2/c1-2-12-6(11)4-3(8)5(7)10-9-4/h2H2,1H3,(H,9,10). The molecule has 6 heteroatoms. The minimum Gasteiger partial charge on any atom is -0.461 e. The minimum atomic E-state index is -0.399. The zero-order valence-corrected chi connectivity index (χ0v) is 9.97. The Morgan fingerprint density at radius 2 is 2.50 bits per heavy atom. The maximum absolute atomic E-state index is 11.1. The van der Waals surface area contributed by atoms with Gasteiger partial charge in [0.05, 0.1) is 10.2 Å². The number of hydrogen-bond acceptors (Lipinski definition) is 3. The number of esters is 1. The summed E-state index contributed by atoms with van der Waals surface area (Å²) in [5, 5.41) is 6.41. The molecule has 0 saturated carbocycles. The second kappa shape index (κ2) is 4.22. The van der Waals surface area contributed by atoms with E-state index in [2.05, 4.69) is 26.1 Å². The Hall–Kier alpha value is -0.110. The van der Waals surface area contributed by atoms with Crippen LogP contribution in [0.2, 0.25) is 0 Å². The smallest absolute Gasteiger partial charge is 0.359 e. The highest BCUT2D eigenvalue weighted by Gasteiger charge is 2.16. The van der Waals surface area contributed by atoms with Crippen LogP contribution in [0.25, 0.3) is 0 Å². The van der Waals surface area contributed by atoms with Crippen LogP contribution < -0.4 is 0 Å². The zero-order chi connectivity index (χ0) is 9.14. The van der Waals surface area contributed by atoms with E-state index in [1.54, 1.807) is 6.92 Å². The molecule has 0 aliphatic heterocycles. The van der Waals surface area contributed by atoms with Crippen LogP contribution in [-0.2, 0) is 4.74 Å². The van der Waals surface area contributed by atoms with Gasteiger partial charge in [0.25, 0.3) is 0 Å². The van der Waals surface area contributed by atoms with E-state index < -0.39 is 5.97 Å². The maximum Gasteiger partial charge on any atom is 0.359 e. The van der Waals surface area contributed by atoms with E-state index in [0.29, 0.717) is 16.9 Å². The predicted molar refractivity (Wildman–Crippen MR) is 55.0 cm³/mol. The SMILES string of the molecule is CCOC(=O)c1n[nH]c(Br)c1I. The summed E-state index contributed by atoms with van der Waals surface area (Å²) in [6, 6.07) is 0. The summed E-state index contributed by atoms with van der Waals surface area (Å²) in [4.78, 5) is 11.1. The van der Waals surface area contributed by atoms with E-state index in [1.165, 1.54) is 0 Å². The third-order valence-electron chi connectivity index (χ3n) is 1.14. The molecule has 0 atom stereocenters. The Bertz CT molecular complexity index is 300. The van der Waals surface area contributed by atoms with Crippen LogP contribution >= 0.6 is 38.5 Å². The Morgan fingerprint density at radius 1 is 1.83 bits per heavy atom. The third-order valence-corrected chi connectivity index (χ3v) is 3.50. The Labute approximate surface area is 91.3 Å². The van der Waals surface area contributed by atoms with Crippen molar-refractivity contribution in [2.75, 3.05) is 6.61 Å². The summed E-state index contributed by atoms with van der Waals surface area (Å²) < 4.78 is 6.22. The van der Waals surface area contributed by atoms with Gasteiger partial charge in [-0.25, -0.2) is 4.79 Å². The maximum atomic E-state index is 11.1. The number of halogens is 2. The lowest BCUT2D eigenvalue weighted by Crippen LogP contribution is -2.06. The number of ether oxygens (including phenoxy) is 1. The molecule has 1 aromatic heterocycles. The highest BCUT2D eigenvalue weighted by molar-refractivity contribution is 14.1. The number of hydrogen-bond donors (Lipinski definition) is 1. The Balaban J connectivity index is 2.88. The van der Waals surface area contributed by atoms with Crippen LogP contribution in [0.5, 0.6) is 0 Å². The Morgan fingerprint density at radius 3 is 2.92 bits per heavy atom.